The molecule has 0 aliphatic carbocycles. The molecule has 100 valence electrons. The van der Waals surface area contributed by atoms with Crippen molar-refractivity contribution in [1.29, 1.82) is 0 Å². The third-order valence-corrected chi connectivity index (χ3v) is 3.18. The van der Waals surface area contributed by atoms with Gasteiger partial charge in [-0.05, 0) is 44.2 Å². The number of nitrogens with zero attached hydrogens (tertiary/aromatic N) is 1. The summed E-state index contributed by atoms with van der Waals surface area (Å²) in [5.74, 6) is 0.0841. The van der Waals surface area contributed by atoms with Crippen LogP contribution in [0.4, 0.5) is 0 Å². The number of benzene rings is 1. The fraction of sp³-hybridized carbons (Fsp3) is 0.125. The lowest BCUT2D eigenvalue weighted by atomic mass is 10.0. The van der Waals surface area contributed by atoms with Crippen molar-refractivity contribution in [3.8, 4) is 11.5 Å². The molecule has 20 heavy (non-hydrogen) atoms. The number of aryl methyl sites for hydroxylation is 2. The Labute approximate surface area is 115 Å². The molecule has 2 heterocycles. The zero-order valence-corrected chi connectivity index (χ0v) is 11.1. The Hall–Kier alpha value is -2.62. The fourth-order valence-electron chi connectivity index (χ4n) is 2.21. The van der Waals surface area contributed by atoms with E-state index in [-0.39, 0.29) is 5.56 Å². The average Bonchev–Trinajstić information content (AvgIpc) is 2.84. The maximum absolute atomic E-state index is 11.3. The Bertz CT molecular complexity index is 818. The lowest BCUT2D eigenvalue weighted by Gasteiger charge is -2.10. The number of carbonyl (C=O) groups excluding carboxylic acids is 1. The number of rotatable bonds is 2. The molecule has 4 heteroatoms. The van der Waals surface area contributed by atoms with Crippen molar-refractivity contribution in [3.63, 3.8) is 0 Å². The highest BCUT2D eigenvalue weighted by molar-refractivity contribution is 6.02. The summed E-state index contributed by atoms with van der Waals surface area (Å²) < 4.78 is 5.50. The molecule has 3 rings (SSSR count). The predicted octanol–water partition coefficient (Wildman–Crippen LogP) is 2.48. The third kappa shape index (κ3) is 2.05. The quantitative estimate of drug-likeness (QED) is 0.714. The first kappa shape index (κ1) is 12.4. The first-order chi connectivity index (χ1) is 9.54. The molecule has 0 aliphatic rings. The number of carbonyl (C=O) groups is 1. The molecule has 0 bridgehead atoms. The van der Waals surface area contributed by atoms with Gasteiger partial charge in [-0.15, -0.1) is 0 Å². The number of hydrogen-bond donors (Lipinski definition) is 0. The molecular formula is C16H12NO3-. The molecule has 2 aromatic heterocycles. The number of furan rings is 1. The Balaban J connectivity index is 2.31. The second-order valence-electron chi connectivity index (χ2n) is 4.77. The van der Waals surface area contributed by atoms with Gasteiger partial charge in [-0.25, -0.2) is 4.98 Å². The summed E-state index contributed by atoms with van der Waals surface area (Å²) in [6.45, 7) is 3.73. The van der Waals surface area contributed by atoms with Gasteiger partial charge in [0.1, 0.15) is 11.5 Å². The Kier molecular flexibility index (Phi) is 2.79. The maximum Gasteiger partial charge on any atom is 0.152 e. The maximum atomic E-state index is 11.3. The van der Waals surface area contributed by atoms with E-state index in [1.165, 1.54) is 6.07 Å². The van der Waals surface area contributed by atoms with Gasteiger partial charge >= 0.3 is 0 Å². The van der Waals surface area contributed by atoms with Crippen molar-refractivity contribution in [2.24, 2.45) is 0 Å². The summed E-state index contributed by atoms with van der Waals surface area (Å²) in [7, 11) is 0. The Morgan fingerprint density at radius 1 is 1.15 bits per heavy atom. The topological polar surface area (TPSA) is 66.2 Å². The normalized spacial score (nSPS) is 10.9. The van der Waals surface area contributed by atoms with Crippen molar-refractivity contribution < 1.29 is 14.3 Å². The molecule has 0 saturated carbocycles. The number of pyridine rings is 1. The summed E-state index contributed by atoms with van der Waals surface area (Å²) in [6.07, 6.45) is 0. The van der Waals surface area contributed by atoms with Crippen LogP contribution in [0.1, 0.15) is 21.7 Å². The van der Waals surface area contributed by atoms with Gasteiger partial charge in [0.2, 0.25) is 0 Å². The van der Waals surface area contributed by atoms with Crippen molar-refractivity contribution in [3.05, 3.63) is 53.3 Å². The first-order valence-corrected chi connectivity index (χ1v) is 6.24. The molecule has 3 aromatic rings. The summed E-state index contributed by atoms with van der Waals surface area (Å²) in [4.78, 5) is 15.8. The summed E-state index contributed by atoms with van der Waals surface area (Å²) in [5.41, 5.74) is 2.21. The summed E-state index contributed by atoms with van der Waals surface area (Å²) >= 11 is 0. The van der Waals surface area contributed by atoms with Gasteiger partial charge in [0.25, 0.3) is 0 Å². The molecule has 0 saturated heterocycles. The van der Waals surface area contributed by atoms with Crippen LogP contribution in [0.3, 0.4) is 0 Å². The van der Waals surface area contributed by atoms with Crippen molar-refractivity contribution in [1.82, 2.24) is 4.98 Å². The van der Waals surface area contributed by atoms with Gasteiger partial charge in [-0.2, -0.15) is 0 Å². The second kappa shape index (κ2) is 4.49. The minimum atomic E-state index is -1.22. The van der Waals surface area contributed by atoms with Gasteiger partial charge in [-0.3, -0.25) is 0 Å². The average molecular weight is 266 g/mol. The highest BCUT2D eigenvalue weighted by Crippen LogP contribution is 2.26. The largest absolute Gasteiger partial charge is 0.545 e. The minimum Gasteiger partial charge on any atom is -0.545 e. The molecular weight excluding hydrogens is 254 g/mol. The zero-order chi connectivity index (χ0) is 14.3. The molecule has 0 spiro atoms. The predicted molar refractivity (Wildman–Crippen MR) is 73.2 cm³/mol. The van der Waals surface area contributed by atoms with Crippen LogP contribution in [-0.2, 0) is 0 Å². The zero-order valence-electron chi connectivity index (χ0n) is 11.1. The minimum absolute atomic E-state index is 0.128. The Morgan fingerprint density at radius 2 is 1.95 bits per heavy atom. The number of hydrogen-bond acceptors (Lipinski definition) is 4. The highest BCUT2D eigenvalue weighted by Gasteiger charge is 2.11. The van der Waals surface area contributed by atoms with Gasteiger partial charge in [0, 0.05) is 10.9 Å². The van der Waals surface area contributed by atoms with E-state index in [1.807, 2.05) is 26.0 Å². The number of carboxylic acids is 1. The number of fused-ring (bicyclic) bond motifs is 1. The molecule has 0 amide bonds. The monoisotopic (exact) mass is 266 g/mol. The van der Waals surface area contributed by atoms with Crippen LogP contribution in [0.25, 0.3) is 22.4 Å². The van der Waals surface area contributed by atoms with Crippen LogP contribution in [-0.4, -0.2) is 11.0 Å². The summed E-state index contributed by atoms with van der Waals surface area (Å²) in [6, 6.07) is 10.6. The summed E-state index contributed by atoms with van der Waals surface area (Å²) in [5, 5.41) is 11.9. The number of carboxylic acid groups (broad SMARTS) is 1. The lowest BCUT2D eigenvalue weighted by molar-refractivity contribution is -0.254. The number of aromatic carboxylic acids is 1. The van der Waals surface area contributed by atoms with E-state index in [4.69, 9.17) is 4.42 Å². The van der Waals surface area contributed by atoms with Crippen molar-refractivity contribution >= 4 is 16.9 Å². The fourth-order valence-corrected chi connectivity index (χ4v) is 2.21. The molecule has 0 aliphatic heterocycles. The van der Waals surface area contributed by atoms with Gasteiger partial charge < -0.3 is 14.3 Å². The highest BCUT2D eigenvalue weighted by atomic mass is 16.4. The van der Waals surface area contributed by atoms with Crippen LogP contribution in [0, 0.1) is 13.8 Å². The molecule has 0 radical (unpaired) electrons. The van der Waals surface area contributed by atoms with E-state index < -0.39 is 5.97 Å². The molecule has 0 N–H and O–H groups in total. The van der Waals surface area contributed by atoms with Gasteiger partial charge in [0.15, 0.2) is 5.76 Å². The first-order valence-electron chi connectivity index (χ1n) is 6.24. The SMILES string of the molecule is Cc1ccc2nc(-c3ccc(C)o3)cc(C(=O)[O-])c2c1. The van der Waals surface area contributed by atoms with E-state index in [0.29, 0.717) is 22.4 Å². The van der Waals surface area contributed by atoms with Crippen LogP contribution in [0.2, 0.25) is 0 Å². The van der Waals surface area contributed by atoms with Crippen molar-refractivity contribution in [2.45, 2.75) is 13.8 Å². The van der Waals surface area contributed by atoms with Crippen LogP contribution < -0.4 is 5.11 Å². The standard InChI is InChI=1S/C16H13NO3/c1-9-3-5-13-11(7-9)12(16(18)19)8-14(17-13)15-6-4-10(2)20-15/h3-8H,1-2H3,(H,18,19)/p-1. The van der Waals surface area contributed by atoms with E-state index in [2.05, 4.69) is 4.98 Å². The van der Waals surface area contributed by atoms with E-state index in [1.54, 1.807) is 18.2 Å². The van der Waals surface area contributed by atoms with Crippen LogP contribution in [0.5, 0.6) is 0 Å². The molecule has 0 atom stereocenters. The number of aromatic nitrogens is 1. The second-order valence-corrected chi connectivity index (χ2v) is 4.77. The van der Waals surface area contributed by atoms with Crippen LogP contribution >= 0.6 is 0 Å². The third-order valence-electron chi connectivity index (χ3n) is 3.18. The van der Waals surface area contributed by atoms with E-state index in [9.17, 15) is 9.90 Å². The molecule has 0 unspecified atom stereocenters. The van der Waals surface area contributed by atoms with Gasteiger partial charge in [0.05, 0.1) is 11.5 Å². The van der Waals surface area contributed by atoms with E-state index in [0.717, 1.165) is 11.3 Å². The van der Waals surface area contributed by atoms with Crippen molar-refractivity contribution in [2.75, 3.05) is 0 Å². The lowest BCUT2D eigenvalue weighted by Crippen LogP contribution is -2.22. The smallest absolute Gasteiger partial charge is 0.152 e. The van der Waals surface area contributed by atoms with E-state index >= 15 is 0 Å². The molecule has 4 nitrogen and oxygen atoms in total. The Morgan fingerprint density at radius 3 is 2.60 bits per heavy atom. The molecule has 1 aromatic carbocycles. The van der Waals surface area contributed by atoms with Crippen LogP contribution in [0.15, 0.2) is 40.8 Å². The van der Waals surface area contributed by atoms with Gasteiger partial charge in [-0.1, -0.05) is 11.6 Å². The molecule has 0 fully saturated rings.